The van der Waals surface area contributed by atoms with Gasteiger partial charge in [-0.2, -0.15) is 10.2 Å². The van der Waals surface area contributed by atoms with Crippen molar-refractivity contribution >= 4 is 5.69 Å². The Balaban J connectivity index is 1.96. The fourth-order valence-corrected chi connectivity index (χ4v) is 1.90. The molecule has 1 N–H and O–H groups in total. The van der Waals surface area contributed by atoms with Crippen molar-refractivity contribution in [1.29, 1.82) is 0 Å². The molecule has 0 bridgehead atoms. The van der Waals surface area contributed by atoms with Crippen LogP contribution in [0.25, 0.3) is 0 Å². The Bertz CT molecular complexity index is 497. The molecule has 0 radical (unpaired) electrons. The average molecular weight is 247 g/mol. The topological polar surface area (TPSA) is 47.7 Å². The van der Waals surface area contributed by atoms with E-state index in [-0.39, 0.29) is 0 Å². The Labute approximate surface area is 108 Å². The zero-order valence-corrected chi connectivity index (χ0v) is 11.3. The number of rotatable bonds is 6. The maximum atomic E-state index is 4.47. The molecule has 5 nitrogen and oxygen atoms in total. The van der Waals surface area contributed by atoms with Crippen LogP contribution in [0.3, 0.4) is 0 Å². The third-order valence-electron chi connectivity index (χ3n) is 2.89. The van der Waals surface area contributed by atoms with Crippen LogP contribution in [-0.4, -0.2) is 19.6 Å². The summed E-state index contributed by atoms with van der Waals surface area (Å²) < 4.78 is 3.93. The Morgan fingerprint density at radius 3 is 2.72 bits per heavy atom. The molecule has 98 valence electrons. The summed E-state index contributed by atoms with van der Waals surface area (Å²) >= 11 is 0. The minimum absolute atomic E-state index is 0.790. The first-order chi connectivity index (χ1) is 8.72. The largest absolute Gasteiger partial charge is 0.378 e. The monoisotopic (exact) mass is 247 g/mol. The molecule has 18 heavy (non-hydrogen) atoms. The lowest BCUT2D eigenvalue weighted by molar-refractivity contribution is 0.598. The molecule has 0 aliphatic heterocycles. The van der Waals surface area contributed by atoms with Crippen LogP contribution in [0, 0.1) is 6.92 Å². The molecule has 0 saturated heterocycles. The van der Waals surface area contributed by atoms with E-state index < -0.39 is 0 Å². The quantitative estimate of drug-likeness (QED) is 0.853. The molecule has 2 heterocycles. The van der Waals surface area contributed by atoms with Crippen molar-refractivity contribution in [2.24, 2.45) is 0 Å². The van der Waals surface area contributed by atoms with Crippen LogP contribution >= 0.6 is 0 Å². The van der Waals surface area contributed by atoms with Gasteiger partial charge in [-0.3, -0.25) is 9.36 Å². The fraction of sp³-hybridized carbons (Fsp3) is 0.538. The van der Waals surface area contributed by atoms with Crippen LogP contribution in [0.4, 0.5) is 5.69 Å². The van der Waals surface area contributed by atoms with E-state index in [0.717, 1.165) is 37.4 Å². The van der Waals surface area contributed by atoms with Gasteiger partial charge in [0.15, 0.2) is 0 Å². The van der Waals surface area contributed by atoms with Gasteiger partial charge in [0.25, 0.3) is 0 Å². The summed E-state index contributed by atoms with van der Waals surface area (Å²) in [6.45, 7) is 8.94. The van der Waals surface area contributed by atoms with Crippen molar-refractivity contribution in [1.82, 2.24) is 19.6 Å². The van der Waals surface area contributed by atoms with Crippen molar-refractivity contribution in [3.8, 4) is 0 Å². The highest BCUT2D eigenvalue weighted by Crippen LogP contribution is 2.14. The average Bonchev–Trinajstić information content (AvgIpc) is 2.94. The van der Waals surface area contributed by atoms with Gasteiger partial charge in [0.2, 0.25) is 0 Å². The number of hydrogen-bond acceptors (Lipinski definition) is 3. The van der Waals surface area contributed by atoms with Crippen molar-refractivity contribution in [3.05, 3.63) is 29.8 Å². The first-order valence-corrected chi connectivity index (χ1v) is 6.52. The molecule has 0 spiro atoms. The second-order valence-electron chi connectivity index (χ2n) is 4.45. The number of nitrogens with one attached hydrogen (secondary N) is 1. The van der Waals surface area contributed by atoms with Gasteiger partial charge in [-0.15, -0.1) is 0 Å². The summed E-state index contributed by atoms with van der Waals surface area (Å²) in [6, 6.07) is 0. The van der Waals surface area contributed by atoms with Crippen molar-refractivity contribution in [2.75, 3.05) is 5.32 Å². The van der Waals surface area contributed by atoms with E-state index >= 15 is 0 Å². The molecule has 0 fully saturated rings. The van der Waals surface area contributed by atoms with Gasteiger partial charge >= 0.3 is 0 Å². The first-order valence-electron chi connectivity index (χ1n) is 6.52. The summed E-state index contributed by atoms with van der Waals surface area (Å²) in [5.74, 6) is 0. The third kappa shape index (κ3) is 2.91. The van der Waals surface area contributed by atoms with E-state index in [1.807, 2.05) is 22.5 Å². The Morgan fingerprint density at radius 2 is 2.06 bits per heavy atom. The maximum Gasteiger partial charge on any atom is 0.0825 e. The molecule has 2 rings (SSSR count). The standard InChI is InChI=1S/C13H21N5/c1-4-6-18-10-13(11(3)16-18)14-7-12-8-15-17(5-2)9-12/h8-10,14H,4-7H2,1-3H3. The summed E-state index contributed by atoms with van der Waals surface area (Å²) in [6.07, 6.45) is 7.15. The summed E-state index contributed by atoms with van der Waals surface area (Å²) in [5, 5.41) is 12.1. The predicted octanol–water partition coefficient (Wildman–Crippen LogP) is 2.43. The van der Waals surface area contributed by atoms with Gasteiger partial charge < -0.3 is 5.32 Å². The molecule has 0 aromatic carbocycles. The number of anilines is 1. The third-order valence-corrected chi connectivity index (χ3v) is 2.89. The molecule has 5 heteroatoms. The second-order valence-corrected chi connectivity index (χ2v) is 4.45. The summed E-state index contributed by atoms with van der Waals surface area (Å²) in [4.78, 5) is 0. The highest BCUT2D eigenvalue weighted by Gasteiger charge is 2.04. The Kier molecular flexibility index (Phi) is 4.02. The summed E-state index contributed by atoms with van der Waals surface area (Å²) in [7, 11) is 0. The van der Waals surface area contributed by atoms with Crippen LogP contribution in [-0.2, 0) is 19.6 Å². The SMILES string of the molecule is CCCn1cc(NCc2cnn(CC)c2)c(C)n1. The van der Waals surface area contributed by atoms with E-state index in [4.69, 9.17) is 0 Å². The van der Waals surface area contributed by atoms with Gasteiger partial charge in [0.05, 0.1) is 17.6 Å². The Morgan fingerprint density at radius 1 is 1.22 bits per heavy atom. The molecular weight excluding hydrogens is 226 g/mol. The van der Waals surface area contributed by atoms with E-state index in [0.29, 0.717) is 0 Å². The van der Waals surface area contributed by atoms with Gasteiger partial charge in [0, 0.05) is 37.6 Å². The zero-order chi connectivity index (χ0) is 13.0. The van der Waals surface area contributed by atoms with Crippen molar-refractivity contribution < 1.29 is 0 Å². The molecular formula is C13H21N5. The Hall–Kier alpha value is -1.78. The van der Waals surface area contributed by atoms with Gasteiger partial charge in [-0.25, -0.2) is 0 Å². The lowest BCUT2D eigenvalue weighted by Crippen LogP contribution is -1.99. The zero-order valence-electron chi connectivity index (χ0n) is 11.3. The van der Waals surface area contributed by atoms with Gasteiger partial charge in [-0.1, -0.05) is 6.92 Å². The normalized spacial score (nSPS) is 10.8. The minimum Gasteiger partial charge on any atom is -0.378 e. The molecule has 0 saturated carbocycles. The molecule has 2 aromatic rings. The predicted molar refractivity (Wildman–Crippen MR) is 72.5 cm³/mol. The smallest absolute Gasteiger partial charge is 0.0825 e. The molecule has 0 aliphatic rings. The second kappa shape index (κ2) is 5.71. The van der Waals surface area contributed by atoms with Crippen molar-refractivity contribution in [2.45, 2.75) is 46.8 Å². The van der Waals surface area contributed by atoms with Gasteiger partial charge in [0.1, 0.15) is 0 Å². The maximum absolute atomic E-state index is 4.47. The highest BCUT2D eigenvalue weighted by molar-refractivity contribution is 5.45. The first kappa shape index (κ1) is 12.7. The molecule has 0 amide bonds. The fourth-order valence-electron chi connectivity index (χ4n) is 1.90. The minimum atomic E-state index is 0.790. The number of hydrogen-bond donors (Lipinski definition) is 1. The van der Waals surface area contributed by atoms with E-state index in [1.165, 1.54) is 5.56 Å². The van der Waals surface area contributed by atoms with Gasteiger partial charge in [-0.05, 0) is 20.3 Å². The van der Waals surface area contributed by atoms with E-state index in [9.17, 15) is 0 Å². The number of aromatic nitrogens is 4. The number of nitrogens with zero attached hydrogens (tertiary/aromatic N) is 4. The lowest BCUT2D eigenvalue weighted by Gasteiger charge is -2.01. The molecule has 0 atom stereocenters. The molecule has 0 aliphatic carbocycles. The van der Waals surface area contributed by atoms with E-state index in [1.54, 1.807) is 0 Å². The number of aryl methyl sites for hydroxylation is 3. The lowest BCUT2D eigenvalue weighted by atomic mass is 10.3. The van der Waals surface area contributed by atoms with Crippen LogP contribution < -0.4 is 5.32 Å². The van der Waals surface area contributed by atoms with Crippen molar-refractivity contribution in [3.63, 3.8) is 0 Å². The molecule has 2 aromatic heterocycles. The van der Waals surface area contributed by atoms with E-state index in [2.05, 4.69) is 41.8 Å². The van der Waals surface area contributed by atoms with Crippen LogP contribution in [0.2, 0.25) is 0 Å². The van der Waals surface area contributed by atoms with Crippen LogP contribution in [0.5, 0.6) is 0 Å². The van der Waals surface area contributed by atoms with Crippen LogP contribution in [0.1, 0.15) is 31.5 Å². The summed E-state index contributed by atoms with van der Waals surface area (Å²) in [5.41, 5.74) is 3.35. The molecule has 0 unspecified atom stereocenters. The highest BCUT2D eigenvalue weighted by atomic mass is 15.3. The van der Waals surface area contributed by atoms with Crippen LogP contribution in [0.15, 0.2) is 18.6 Å².